The average molecular weight is 300 g/mol. The Kier molecular flexibility index (Phi) is 4.55. The quantitative estimate of drug-likeness (QED) is 0.626. The van der Waals surface area contributed by atoms with Gasteiger partial charge in [-0.15, -0.1) is 11.6 Å². The summed E-state index contributed by atoms with van der Waals surface area (Å²) in [5.41, 5.74) is 3.31. The summed E-state index contributed by atoms with van der Waals surface area (Å²) in [6, 6.07) is 13.9. The van der Waals surface area contributed by atoms with Crippen LogP contribution in [0.4, 0.5) is 0 Å². The molecule has 2 aromatic rings. The SMILES string of the molecule is Cc1ccc(CC(Cl)c2cccc(Cl)c2Cl)cc1. The summed E-state index contributed by atoms with van der Waals surface area (Å²) < 4.78 is 0. The van der Waals surface area contributed by atoms with Crippen LogP contribution in [0.15, 0.2) is 42.5 Å². The summed E-state index contributed by atoms with van der Waals surface area (Å²) in [5.74, 6) is 0. The molecule has 0 nitrogen and oxygen atoms in total. The van der Waals surface area contributed by atoms with E-state index >= 15 is 0 Å². The van der Waals surface area contributed by atoms with E-state index in [0.29, 0.717) is 10.0 Å². The Hall–Kier alpha value is -0.690. The topological polar surface area (TPSA) is 0 Å². The van der Waals surface area contributed by atoms with E-state index in [1.54, 1.807) is 6.07 Å². The number of rotatable bonds is 3. The van der Waals surface area contributed by atoms with Crippen LogP contribution in [0.2, 0.25) is 10.0 Å². The highest BCUT2D eigenvalue weighted by atomic mass is 35.5. The molecule has 0 heterocycles. The van der Waals surface area contributed by atoms with Crippen LogP contribution in [-0.2, 0) is 6.42 Å². The van der Waals surface area contributed by atoms with E-state index < -0.39 is 0 Å². The Balaban J connectivity index is 2.19. The van der Waals surface area contributed by atoms with Gasteiger partial charge in [0.2, 0.25) is 0 Å². The van der Waals surface area contributed by atoms with E-state index in [0.717, 1.165) is 12.0 Å². The molecule has 0 bridgehead atoms. The predicted molar refractivity (Wildman–Crippen MR) is 79.9 cm³/mol. The molecule has 1 unspecified atom stereocenters. The molecule has 0 fully saturated rings. The smallest absolute Gasteiger partial charge is 0.0640 e. The summed E-state index contributed by atoms with van der Waals surface area (Å²) in [6.07, 6.45) is 0.738. The first-order valence-electron chi connectivity index (χ1n) is 5.71. The molecule has 94 valence electrons. The lowest BCUT2D eigenvalue weighted by Gasteiger charge is -2.12. The van der Waals surface area contributed by atoms with Gasteiger partial charge in [0.05, 0.1) is 15.4 Å². The summed E-state index contributed by atoms with van der Waals surface area (Å²) >= 11 is 18.6. The second-order valence-corrected chi connectivity index (χ2v) is 5.61. The Labute approximate surface area is 122 Å². The molecular weight excluding hydrogens is 287 g/mol. The van der Waals surface area contributed by atoms with Gasteiger partial charge in [-0.25, -0.2) is 0 Å². The van der Waals surface area contributed by atoms with Gasteiger partial charge in [0.25, 0.3) is 0 Å². The van der Waals surface area contributed by atoms with Crippen molar-refractivity contribution >= 4 is 34.8 Å². The molecule has 0 aliphatic rings. The van der Waals surface area contributed by atoms with Gasteiger partial charge >= 0.3 is 0 Å². The maximum absolute atomic E-state index is 6.41. The molecule has 0 aliphatic heterocycles. The Morgan fingerprint density at radius 2 is 1.67 bits per heavy atom. The lowest BCUT2D eigenvalue weighted by molar-refractivity contribution is 0.919. The van der Waals surface area contributed by atoms with Crippen molar-refractivity contribution < 1.29 is 0 Å². The minimum absolute atomic E-state index is 0.168. The Morgan fingerprint density at radius 3 is 2.33 bits per heavy atom. The minimum Gasteiger partial charge on any atom is -0.117 e. The number of hydrogen-bond acceptors (Lipinski definition) is 0. The van der Waals surface area contributed by atoms with Crippen molar-refractivity contribution in [2.75, 3.05) is 0 Å². The summed E-state index contributed by atoms with van der Waals surface area (Å²) in [6.45, 7) is 2.07. The zero-order chi connectivity index (χ0) is 13.1. The van der Waals surface area contributed by atoms with Crippen molar-refractivity contribution in [2.45, 2.75) is 18.7 Å². The van der Waals surface area contributed by atoms with Gasteiger partial charge < -0.3 is 0 Å². The van der Waals surface area contributed by atoms with Crippen LogP contribution in [0.3, 0.4) is 0 Å². The van der Waals surface area contributed by atoms with Crippen molar-refractivity contribution in [2.24, 2.45) is 0 Å². The largest absolute Gasteiger partial charge is 0.117 e. The van der Waals surface area contributed by atoms with E-state index in [1.165, 1.54) is 11.1 Å². The van der Waals surface area contributed by atoms with Gasteiger partial charge in [-0.1, -0.05) is 65.2 Å². The fraction of sp³-hybridized carbons (Fsp3) is 0.200. The average Bonchev–Trinajstić information content (AvgIpc) is 2.35. The molecular formula is C15H13Cl3. The first kappa shape index (κ1) is 13.7. The highest BCUT2D eigenvalue weighted by molar-refractivity contribution is 6.43. The van der Waals surface area contributed by atoms with Gasteiger partial charge in [0.15, 0.2) is 0 Å². The number of hydrogen-bond donors (Lipinski definition) is 0. The van der Waals surface area contributed by atoms with Gasteiger partial charge in [0, 0.05) is 0 Å². The number of halogens is 3. The fourth-order valence-electron chi connectivity index (χ4n) is 1.80. The maximum atomic E-state index is 6.41. The second-order valence-electron chi connectivity index (χ2n) is 4.30. The van der Waals surface area contributed by atoms with E-state index in [4.69, 9.17) is 34.8 Å². The molecule has 1 atom stereocenters. The molecule has 0 N–H and O–H groups in total. The molecule has 0 spiro atoms. The lowest BCUT2D eigenvalue weighted by Crippen LogP contribution is -1.97. The van der Waals surface area contributed by atoms with E-state index in [2.05, 4.69) is 31.2 Å². The molecule has 0 saturated carbocycles. The first-order valence-corrected chi connectivity index (χ1v) is 6.90. The highest BCUT2D eigenvalue weighted by Crippen LogP contribution is 2.34. The molecule has 3 heteroatoms. The normalized spacial score (nSPS) is 12.4. The molecule has 0 amide bonds. The van der Waals surface area contributed by atoms with Gasteiger partial charge in [0.1, 0.15) is 0 Å². The van der Waals surface area contributed by atoms with Crippen LogP contribution in [-0.4, -0.2) is 0 Å². The molecule has 0 aliphatic carbocycles. The van der Waals surface area contributed by atoms with Gasteiger partial charge in [-0.2, -0.15) is 0 Å². The summed E-state index contributed by atoms with van der Waals surface area (Å²) in [4.78, 5) is 0. The predicted octanol–water partition coefficient (Wildman–Crippen LogP) is 5.82. The van der Waals surface area contributed by atoms with Crippen LogP contribution in [0.1, 0.15) is 22.1 Å². The van der Waals surface area contributed by atoms with Crippen LogP contribution in [0.25, 0.3) is 0 Å². The van der Waals surface area contributed by atoms with Crippen molar-refractivity contribution in [3.63, 3.8) is 0 Å². The third kappa shape index (κ3) is 3.20. The van der Waals surface area contributed by atoms with Crippen molar-refractivity contribution in [3.8, 4) is 0 Å². The standard InChI is InChI=1S/C15H13Cl3/c1-10-5-7-11(8-6-10)9-14(17)12-3-2-4-13(16)15(12)18/h2-8,14H,9H2,1H3. The fourth-order valence-corrected chi connectivity index (χ4v) is 2.66. The zero-order valence-corrected chi connectivity index (χ0v) is 12.2. The summed E-state index contributed by atoms with van der Waals surface area (Å²) in [5, 5.41) is 0.925. The maximum Gasteiger partial charge on any atom is 0.0640 e. The third-order valence-corrected chi connectivity index (χ3v) is 4.08. The summed E-state index contributed by atoms with van der Waals surface area (Å²) in [7, 11) is 0. The number of aryl methyl sites for hydroxylation is 1. The van der Waals surface area contributed by atoms with E-state index in [-0.39, 0.29) is 5.38 Å². The molecule has 0 aromatic heterocycles. The Morgan fingerprint density at radius 1 is 1.00 bits per heavy atom. The third-order valence-electron chi connectivity index (χ3n) is 2.85. The van der Waals surface area contributed by atoms with E-state index in [9.17, 15) is 0 Å². The van der Waals surface area contributed by atoms with Crippen LogP contribution >= 0.6 is 34.8 Å². The zero-order valence-electron chi connectivity index (χ0n) is 9.96. The molecule has 2 rings (SSSR count). The van der Waals surface area contributed by atoms with Crippen LogP contribution in [0.5, 0.6) is 0 Å². The Bertz CT molecular complexity index is 532. The van der Waals surface area contributed by atoms with E-state index in [1.807, 2.05) is 12.1 Å². The van der Waals surface area contributed by atoms with Crippen LogP contribution in [0, 0.1) is 6.92 Å². The molecule has 2 aromatic carbocycles. The van der Waals surface area contributed by atoms with Crippen molar-refractivity contribution in [3.05, 3.63) is 69.2 Å². The second kappa shape index (κ2) is 5.97. The van der Waals surface area contributed by atoms with Crippen molar-refractivity contribution in [1.82, 2.24) is 0 Å². The number of alkyl halides is 1. The van der Waals surface area contributed by atoms with Crippen molar-refractivity contribution in [1.29, 1.82) is 0 Å². The molecule has 18 heavy (non-hydrogen) atoms. The minimum atomic E-state index is -0.168. The molecule has 0 saturated heterocycles. The lowest BCUT2D eigenvalue weighted by atomic mass is 10.0. The monoisotopic (exact) mass is 298 g/mol. The van der Waals surface area contributed by atoms with Crippen LogP contribution < -0.4 is 0 Å². The molecule has 0 radical (unpaired) electrons. The first-order chi connectivity index (χ1) is 8.58. The van der Waals surface area contributed by atoms with Gasteiger partial charge in [-0.05, 0) is 30.5 Å². The highest BCUT2D eigenvalue weighted by Gasteiger charge is 2.14. The number of benzene rings is 2. The van der Waals surface area contributed by atoms with Gasteiger partial charge in [-0.3, -0.25) is 0 Å².